The van der Waals surface area contributed by atoms with Gasteiger partial charge in [-0.1, -0.05) is 0 Å². The van der Waals surface area contributed by atoms with Gasteiger partial charge in [-0.05, 0) is 36.4 Å². The molecule has 23 heavy (non-hydrogen) atoms. The Morgan fingerprint density at radius 1 is 1.22 bits per heavy atom. The third-order valence-electron chi connectivity index (χ3n) is 2.65. The van der Waals surface area contributed by atoms with Gasteiger partial charge in [-0.25, -0.2) is 0 Å². The molecule has 0 aliphatic carbocycles. The van der Waals surface area contributed by atoms with Crippen LogP contribution in [0.25, 0.3) is 0 Å². The van der Waals surface area contributed by atoms with Gasteiger partial charge < -0.3 is 9.15 Å². The molecule has 1 aromatic carbocycles. The van der Waals surface area contributed by atoms with Gasteiger partial charge in [0.1, 0.15) is 11.5 Å². The standard InChI is InChI=1S/C15H13F2NO4S/c16-15(17)22-11-5-3-10(4-6-11)14(20)18-13(19)9-23-8-12-2-1-7-21-12/h1-7,15H,8-9H2,(H,18,19,20). The Hall–Kier alpha value is -2.35. The summed E-state index contributed by atoms with van der Waals surface area (Å²) in [4.78, 5) is 23.5. The number of carbonyl (C=O) groups excluding carboxylic acids is 2. The molecule has 0 unspecified atom stereocenters. The van der Waals surface area contributed by atoms with Crippen LogP contribution in [0.4, 0.5) is 8.78 Å². The molecular weight excluding hydrogens is 328 g/mol. The lowest BCUT2D eigenvalue weighted by molar-refractivity contribution is -0.117. The van der Waals surface area contributed by atoms with Crippen molar-refractivity contribution in [2.45, 2.75) is 12.4 Å². The second kappa shape index (κ2) is 8.33. The van der Waals surface area contributed by atoms with Crippen molar-refractivity contribution >= 4 is 23.6 Å². The molecule has 0 saturated carbocycles. The maximum absolute atomic E-state index is 12.0. The molecule has 8 heteroatoms. The van der Waals surface area contributed by atoms with Crippen LogP contribution in [0.5, 0.6) is 5.75 Å². The van der Waals surface area contributed by atoms with E-state index >= 15 is 0 Å². The van der Waals surface area contributed by atoms with E-state index < -0.39 is 18.4 Å². The average Bonchev–Trinajstić information content (AvgIpc) is 3.00. The lowest BCUT2D eigenvalue weighted by atomic mass is 10.2. The fourth-order valence-electron chi connectivity index (χ4n) is 1.66. The van der Waals surface area contributed by atoms with Crippen molar-refractivity contribution in [2.24, 2.45) is 0 Å². The quantitative estimate of drug-likeness (QED) is 0.838. The van der Waals surface area contributed by atoms with Crippen molar-refractivity contribution < 1.29 is 27.5 Å². The highest BCUT2D eigenvalue weighted by molar-refractivity contribution is 7.99. The van der Waals surface area contributed by atoms with Crippen LogP contribution in [0, 0.1) is 0 Å². The van der Waals surface area contributed by atoms with Gasteiger partial charge >= 0.3 is 6.61 Å². The summed E-state index contributed by atoms with van der Waals surface area (Å²) in [6.45, 7) is -2.93. The molecule has 1 heterocycles. The van der Waals surface area contributed by atoms with Gasteiger partial charge in [0.2, 0.25) is 5.91 Å². The SMILES string of the molecule is O=C(CSCc1ccco1)NC(=O)c1ccc(OC(F)F)cc1. The summed E-state index contributed by atoms with van der Waals surface area (Å²) in [6.07, 6.45) is 1.54. The molecule has 0 fully saturated rings. The van der Waals surface area contributed by atoms with E-state index in [4.69, 9.17) is 4.42 Å². The van der Waals surface area contributed by atoms with E-state index in [2.05, 4.69) is 10.1 Å². The monoisotopic (exact) mass is 341 g/mol. The number of hydrogen-bond donors (Lipinski definition) is 1. The predicted molar refractivity (Wildman–Crippen MR) is 80.4 cm³/mol. The number of amides is 2. The van der Waals surface area contributed by atoms with Crippen molar-refractivity contribution in [1.29, 1.82) is 0 Å². The van der Waals surface area contributed by atoms with Crippen molar-refractivity contribution in [3.63, 3.8) is 0 Å². The molecule has 0 bridgehead atoms. The lowest BCUT2D eigenvalue weighted by Gasteiger charge is -2.06. The number of imide groups is 1. The van der Waals surface area contributed by atoms with Gasteiger partial charge in [-0.15, -0.1) is 11.8 Å². The smallest absolute Gasteiger partial charge is 0.387 e. The molecule has 0 saturated heterocycles. The summed E-state index contributed by atoms with van der Waals surface area (Å²) in [5.74, 6) is 0.255. The van der Waals surface area contributed by atoms with Crippen LogP contribution in [-0.2, 0) is 10.5 Å². The zero-order chi connectivity index (χ0) is 16.7. The van der Waals surface area contributed by atoms with E-state index in [1.165, 1.54) is 36.0 Å². The summed E-state index contributed by atoms with van der Waals surface area (Å²) in [5, 5.41) is 2.22. The zero-order valence-electron chi connectivity index (χ0n) is 11.8. The molecule has 2 aromatic rings. The molecule has 0 radical (unpaired) electrons. The molecule has 0 spiro atoms. The zero-order valence-corrected chi connectivity index (χ0v) is 12.6. The maximum Gasteiger partial charge on any atom is 0.387 e. The van der Waals surface area contributed by atoms with E-state index in [1.807, 2.05) is 0 Å². The Labute approximate surface area is 135 Å². The third kappa shape index (κ3) is 5.74. The van der Waals surface area contributed by atoms with E-state index in [0.717, 1.165) is 5.76 Å². The lowest BCUT2D eigenvalue weighted by Crippen LogP contribution is -2.31. The molecule has 1 N–H and O–H groups in total. The van der Waals surface area contributed by atoms with Gasteiger partial charge in [0.25, 0.3) is 5.91 Å². The topological polar surface area (TPSA) is 68.5 Å². The van der Waals surface area contributed by atoms with E-state index in [-0.39, 0.29) is 17.1 Å². The molecule has 0 atom stereocenters. The fourth-order valence-corrected chi connectivity index (χ4v) is 2.39. The number of thioether (sulfide) groups is 1. The van der Waals surface area contributed by atoms with Crippen LogP contribution in [-0.4, -0.2) is 24.2 Å². The number of carbonyl (C=O) groups is 2. The second-order valence-electron chi connectivity index (χ2n) is 4.35. The van der Waals surface area contributed by atoms with E-state index in [9.17, 15) is 18.4 Å². The Balaban J connectivity index is 1.77. The number of hydrogen-bond acceptors (Lipinski definition) is 5. The van der Waals surface area contributed by atoms with E-state index in [0.29, 0.717) is 5.75 Å². The predicted octanol–water partition coefficient (Wildman–Crippen LogP) is 3.07. The molecule has 5 nitrogen and oxygen atoms in total. The molecule has 1 aromatic heterocycles. The first-order valence-corrected chi connectivity index (χ1v) is 7.69. The van der Waals surface area contributed by atoms with Crippen LogP contribution in [0.1, 0.15) is 16.1 Å². The Kier molecular flexibility index (Phi) is 6.16. The van der Waals surface area contributed by atoms with Crippen LogP contribution in [0.3, 0.4) is 0 Å². The maximum atomic E-state index is 12.0. The first-order chi connectivity index (χ1) is 11.0. The molecule has 0 aliphatic heterocycles. The molecule has 2 amide bonds. The summed E-state index contributed by atoms with van der Waals surface area (Å²) >= 11 is 1.30. The summed E-state index contributed by atoms with van der Waals surface area (Å²) < 4.78 is 33.3. The molecule has 0 aliphatic rings. The Morgan fingerprint density at radius 3 is 2.57 bits per heavy atom. The molecular formula is C15H13F2NO4S. The van der Waals surface area contributed by atoms with Crippen molar-refractivity contribution in [2.75, 3.05) is 5.75 Å². The van der Waals surface area contributed by atoms with Crippen LogP contribution in [0.15, 0.2) is 47.1 Å². The highest BCUT2D eigenvalue weighted by atomic mass is 32.2. The highest BCUT2D eigenvalue weighted by Gasteiger charge is 2.11. The number of rotatable bonds is 7. The average molecular weight is 341 g/mol. The number of benzene rings is 1. The van der Waals surface area contributed by atoms with Crippen molar-refractivity contribution in [3.05, 3.63) is 54.0 Å². The summed E-state index contributed by atoms with van der Waals surface area (Å²) in [5.41, 5.74) is 0.177. The minimum atomic E-state index is -2.93. The summed E-state index contributed by atoms with van der Waals surface area (Å²) in [7, 11) is 0. The number of furan rings is 1. The Morgan fingerprint density at radius 2 is 1.96 bits per heavy atom. The van der Waals surface area contributed by atoms with Gasteiger partial charge in [0.05, 0.1) is 17.8 Å². The van der Waals surface area contributed by atoms with Crippen LogP contribution >= 0.6 is 11.8 Å². The second-order valence-corrected chi connectivity index (χ2v) is 5.34. The van der Waals surface area contributed by atoms with Crippen molar-refractivity contribution in [3.8, 4) is 5.75 Å². The molecule has 122 valence electrons. The van der Waals surface area contributed by atoms with Gasteiger partial charge in [-0.2, -0.15) is 8.78 Å². The summed E-state index contributed by atoms with van der Waals surface area (Å²) in [6, 6.07) is 8.61. The van der Waals surface area contributed by atoms with Gasteiger partial charge in [0, 0.05) is 5.56 Å². The van der Waals surface area contributed by atoms with Crippen molar-refractivity contribution in [1.82, 2.24) is 5.32 Å². The third-order valence-corrected chi connectivity index (χ3v) is 3.61. The minimum absolute atomic E-state index is 0.0584. The van der Waals surface area contributed by atoms with Gasteiger partial charge in [-0.3, -0.25) is 14.9 Å². The highest BCUT2D eigenvalue weighted by Crippen LogP contribution is 2.15. The fraction of sp³-hybridized carbons (Fsp3) is 0.200. The first kappa shape index (κ1) is 17.0. The van der Waals surface area contributed by atoms with Gasteiger partial charge in [0.15, 0.2) is 0 Å². The number of nitrogens with one attached hydrogen (secondary N) is 1. The van der Waals surface area contributed by atoms with Crippen LogP contribution < -0.4 is 10.1 Å². The largest absolute Gasteiger partial charge is 0.468 e. The minimum Gasteiger partial charge on any atom is -0.468 e. The number of halogens is 2. The number of ether oxygens (including phenoxy) is 1. The Bertz CT molecular complexity index is 644. The number of alkyl halides is 2. The van der Waals surface area contributed by atoms with Crippen LogP contribution in [0.2, 0.25) is 0 Å². The molecule has 2 rings (SSSR count). The normalized spacial score (nSPS) is 10.6. The first-order valence-electron chi connectivity index (χ1n) is 6.54. The van der Waals surface area contributed by atoms with E-state index in [1.54, 1.807) is 18.4 Å².